The standard InChI is InChI=1S/C19H18FNO2/c20-16-10-6-9-15(13-16)18(17-11-4-5-12-21-17)23-19(22)14-7-2-1-3-8-14/h1-2,4-6,9-14,18H,3,7-8H2/t14-,18+/m1/s1. The van der Waals surface area contributed by atoms with Crippen molar-refractivity contribution in [2.24, 2.45) is 5.92 Å². The van der Waals surface area contributed by atoms with Crippen LogP contribution in [0.1, 0.15) is 36.6 Å². The van der Waals surface area contributed by atoms with Gasteiger partial charge in [0.2, 0.25) is 0 Å². The number of nitrogens with zero attached hydrogens (tertiary/aromatic N) is 1. The molecule has 0 N–H and O–H groups in total. The number of rotatable bonds is 4. The molecule has 4 heteroatoms. The van der Waals surface area contributed by atoms with Crippen LogP contribution in [0.25, 0.3) is 0 Å². The lowest BCUT2D eigenvalue weighted by atomic mass is 9.94. The molecule has 0 aliphatic heterocycles. The molecule has 2 atom stereocenters. The van der Waals surface area contributed by atoms with Gasteiger partial charge in [0.05, 0.1) is 11.6 Å². The maximum atomic E-state index is 13.6. The smallest absolute Gasteiger partial charge is 0.310 e. The molecule has 0 bridgehead atoms. The van der Waals surface area contributed by atoms with E-state index in [1.165, 1.54) is 12.1 Å². The lowest BCUT2D eigenvalue weighted by Gasteiger charge is -2.22. The van der Waals surface area contributed by atoms with Crippen molar-refractivity contribution in [1.29, 1.82) is 0 Å². The highest BCUT2D eigenvalue weighted by molar-refractivity contribution is 5.73. The predicted octanol–water partition coefficient (Wildman–Crippen LogP) is 4.21. The van der Waals surface area contributed by atoms with Crippen LogP contribution in [-0.4, -0.2) is 11.0 Å². The topological polar surface area (TPSA) is 39.2 Å². The second-order valence-corrected chi connectivity index (χ2v) is 5.61. The zero-order chi connectivity index (χ0) is 16.1. The van der Waals surface area contributed by atoms with Crippen molar-refractivity contribution in [3.05, 3.63) is 77.9 Å². The van der Waals surface area contributed by atoms with Crippen LogP contribution in [0.2, 0.25) is 0 Å². The summed E-state index contributed by atoms with van der Waals surface area (Å²) in [5.41, 5.74) is 1.18. The molecule has 0 unspecified atom stereocenters. The number of carbonyl (C=O) groups excluding carboxylic acids is 1. The Morgan fingerprint density at radius 2 is 2.13 bits per heavy atom. The van der Waals surface area contributed by atoms with Gasteiger partial charge in [-0.2, -0.15) is 0 Å². The molecule has 1 aliphatic carbocycles. The van der Waals surface area contributed by atoms with Gasteiger partial charge in [0.25, 0.3) is 0 Å². The first-order valence-corrected chi connectivity index (χ1v) is 7.76. The number of halogens is 1. The molecule has 23 heavy (non-hydrogen) atoms. The van der Waals surface area contributed by atoms with Crippen molar-refractivity contribution in [2.45, 2.75) is 25.4 Å². The molecular formula is C19H18FNO2. The molecule has 1 heterocycles. The van der Waals surface area contributed by atoms with E-state index in [9.17, 15) is 9.18 Å². The molecule has 3 rings (SSSR count). The fourth-order valence-corrected chi connectivity index (χ4v) is 2.72. The molecule has 1 aromatic heterocycles. The Morgan fingerprint density at radius 1 is 1.22 bits per heavy atom. The first-order valence-electron chi connectivity index (χ1n) is 7.76. The Labute approximate surface area is 134 Å². The van der Waals surface area contributed by atoms with Crippen LogP contribution in [0.4, 0.5) is 4.39 Å². The summed E-state index contributed by atoms with van der Waals surface area (Å²) in [6.07, 6.45) is 7.39. The van der Waals surface area contributed by atoms with Crippen molar-refractivity contribution in [3.63, 3.8) is 0 Å². The molecule has 0 saturated carbocycles. The first-order chi connectivity index (χ1) is 11.2. The number of ether oxygens (including phenoxy) is 1. The molecule has 1 aliphatic rings. The van der Waals surface area contributed by atoms with E-state index in [-0.39, 0.29) is 17.7 Å². The number of hydrogen-bond acceptors (Lipinski definition) is 3. The summed E-state index contributed by atoms with van der Waals surface area (Å²) < 4.78 is 19.3. The molecule has 0 amide bonds. The fraction of sp³-hybridized carbons (Fsp3) is 0.263. The van der Waals surface area contributed by atoms with Gasteiger partial charge in [-0.15, -0.1) is 0 Å². The lowest BCUT2D eigenvalue weighted by Crippen LogP contribution is -2.22. The summed E-state index contributed by atoms with van der Waals surface area (Å²) in [5, 5.41) is 0. The third-order valence-corrected chi connectivity index (χ3v) is 3.94. The number of benzene rings is 1. The van der Waals surface area contributed by atoms with E-state index in [1.54, 1.807) is 30.5 Å². The van der Waals surface area contributed by atoms with Gasteiger partial charge in [0.15, 0.2) is 6.10 Å². The van der Waals surface area contributed by atoms with E-state index < -0.39 is 6.10 Å². The predicted molar refractivity (Wildman–Crippen MR) is 85.1 cm³/mol. The summed E-state index contributed by atoms with van der Waals surface area (Å²) in [6.45, 7) is 0. The average molecular weight is 311 g/mol. The SMILES string of the molecule is O=C(O[C@@H](c1cccc(F)c1)c1ccccn1)[C@@H]1CC=CCC1. The van der Waals surface area contributed by atoms with Crippen LogP contribution in [0.3, 0.4) is 0 Å². The van der Waals surface area contributed by atoms with Gasteiger partial charge >= 0.3 is 5.97 Å². The number of pyridine rings is 1. The minimum Gasteiger partial charge on any atom is -0.451 e. The highest BCUT2D eigenvalue weighted by Gasteiger charge is 2.26. The Morgan fingerprint density at radius 3 is 2.83 bits per heavy atom. The minimum absolute atomic E-state index is 0.139. The van der Waals surface area contributed by atoms with Crippen molar-refractivity contribution >= 4 is 5.97 Å². The van der Waals surface area contributed by atoms with E-state index >= 15 is 0 Å². The van der Waals surface area contributed by atoms with Crippen molar-refractivity contribution in [1.82, 2.24) is 4.98 Å². The molecular weight excluding hydrogens is 293 g/mol. The number of esters is 1. The van der Waals surface area contributed by atoms with E-state index in [0.29, 0.717) is 17.7 Å². The molecule has 1 aromatic carbocycles. The van der Waals surface area contributed by atoms with Gasteiger partial charge < -0.3 is 4.74 Å². The molecule has 0 spiro atoms. The largest absolute Gasteiger partial charge is 0.451 e. The lowest BCUT2D eigenvalue weighted by molar-refractivity contribution is -0.153. The number of aromatic nitrogens is 1. The molecule has 0 radical (unpaired) electrons. The Kier molecular flexibility index (Phi) is 4.81. The van der Waals surface area contributed by atoms with Gasteiger partial charge in [0.1, 0.15) is 5.82 Å². The van der Waals surface area contributed by atoms with Crippen LogP contribution < -0.4 is 0 Å². The summed E-state index contributed by atoms with van der Waals surface area (Å²) in [4.78, 5) is 16.7. The van der Waals surface area contributed by atoms with Crippen molar-refractivity contribution in [2.75, 3.05) is 0 Å². The summed E-state index contributed by atoms with van der Waals surface area (Å²) in [6, 6.07) is 11.5. The van der Waals surface area contributed by atoms with E-state index in [0.717, 1.165) is 12.8 Å². The second kappa shape index (κ2) is 7.18. The fourth-order valence-electron chi connectivity index (χ4n) is 2.72. The third kappa shape index (κ3) is 3.83. The average Bonchev–Trinajstić information content (AvgIpc) is 2.61. The molecule has 3 nitrogen and oxygen atoms in total. The van der Waals surface area contributed by atoms with Crippen LogP contribution in [0, 0.1) is 11.7 Å². The normalized spacial score (nSPS) is 18.4. The van der Waals surface area contributed by atoms with Crippen LogP contribution in [0.5, 0.6) is 0 Å². The maximum absolute atomic E-state index is 13.6. The number of allylic oxidation sites excluding steroid dienone is 2. The summed E-state index contributed by atoms with van der Waals surface area (Å²) >= 11 is 0. The van der Waals surface area contributed by atoms with Gasteiger partial charge in [-0.25, -0.2) is 4.39 Å². The van der Waals surface area contributed by atoms with Gasteiger partial charge in [-0.3, -0.25) is 9.78 Å². The second-order valence-electron chi connectivity index (χ2n) is 5.61. The zero-order valence-corrected chi connectivity index (χ0v) is 12.7. The number of hydrogen-bond donors (Lipinski definition) is 0. The highest BCUT2D eigenvalue weighted by atomic mass is 19.1. The first kappa shape index (κ1) is 15.4. The zero-order valence-electron chi connectivity index (χ0n) is 12.7. The van der Waals surface area contributed by atoms with Gasteiger partial charge in [0, 0.05) is 11.8 Å². The summed E-state index contributed by atoms with van der Waals surface area (Å²) in [7, 11) is 0. The van der Waals surface area contributed by atoms with E-state index in [2.05, 4.69) is 11.1 Å². The van der Waals surface area contributed by atoms with Gasteiger partial charge in [-0.05, 0) is 43.5 Å². The van der Waals surface area contributed by atoms with E-state index in [4.69, 9.17) is 4.74 Å². The molecule has 0 saturated heterocycles. The highest BCUT2D eigenvalue weighted by Crippen LogP contribution is 2.28. The maximum Gasteiger partial charge on any atom is 0.310 e. The monoisotopic (exact) mass is 311 g/mol. The Hall–Kier alpha value is -2.49. The molecule has 118 valence electrons. The van der Waals surface area contributed by atoms with Crippen LogP contribution in [0.15, 0.2) is 60.8 Å². The Bertz CT molecular complexity index is 700. The van der Waals surface area contributed by atoms with Crippen molar-refractivity contribution in [3.8, 4) is 0 Å². The molecule has 0 fully saturated rings. The van der Waals surface area contributed by atoms with Crippen molar-refractivity contribution < 1.29 is 13.9 Å². The Balaban J connectivity index is 1.86. The van der Waals surface area contributed by atoms with Crippen LogP contribution in [-0.2, 0) is 9.53 Å². The third-order valence-electron chi connectivity index (χ3n) is 3.94. The van der Waals surface area contributed by atoms with E-state index in [1.807, 2.05) is 12.1 Å². The number of carbonyl (C=O) groups is 1. The quantitative estimate of drug-likeness (QED) is 0.627. The van der Waals surface area contributed by atoms with Crippen LogP contribution >= 0.6 is 0 Å². The minimum atomic E-state index is -0.690. The van der Waals surface area contributed by atoms with Gasteiger partial charge in [-0.1, -0.05) is 30.4 Å². The summed E-state index contributed by atoms with van der Waals surface area (Å²) in [5.74, 6) is -0.755. The molecule has 2 aromatic rings.